The van der Waals surface area contributed by atoms with Crippen LogP contribution in [0.1, 0.15) is 5.56 Å². The summed E-state index contributed by atoms with van der Waals surface area (Å²) in [6.45, 7) is 0.876. The molecule has 0 fully saturated rings. The van der Waals surface area contributed by atoms with Crippen molar-refractivity contribution in [3.8, 4) is 11.5 Å². The Hall–Kier alpha value is -2.71. The van der Waals surface area contributed by atoms with E-state index in [4.69, 9.17) is 15.2 Å². The molecule has 2 aromatic rings. The molecule has 2 aromatic carbocycles. The average Bonchev–Trinajstić information content (AvgIpc) is 2.66. The van der Waals surface area contributed by atoms with Crippen LogP contribution < -0.4 is 25.4 Å². The maximum atomic E-state index is 12.5. The first-order valence-corrected chi connectivity index (χ1v) is 9.74. The zero-order chi connectivity index (χ0) is 20.5. The highest BCUT2D eigenvalue weighted by Crippen LogP contribution is 2.30. The van der Waals surface area contributed by atoms with Crippen LogP contribution in [-0.2, 0) is 16.1 Å². The summed E-state index contributed by atoms with van der Waals surface area (Å²) in [5.74, 6) is 0.984. The number of likely N-dealkylation sites (N-methyl/N-ethyl adjacent to an activating group) is 1. The molecule has 0 radical (unpaired) electrons. The highest BCUT2D eigenvalue weighted by molar-refractivity contribution is 8.00. The topological polar surface area (TPSA) is 95.1 Å². The van der Waals surface area contributed by atoms with Crippen molar-refractivity contribution in [2.24, 2.45) is 5.73 Å². The summed E-state index contributed by atoms with van der Waals surface area (Å²) in [5, 5.41) is 2.91. The third-order valence-corrected chi connectivity index (χ3v) is 5.07. The predicted octanol–water partition coefficient (Wildman–Crippen LogP) is 0.935. The lowest BCUT2D eigenvalue weighted by Crippen LogP contribution is -3.08. The van der Waals surface area contributed by atoms with Crippen LogP contribution in [0.4, 0.5) is 5.69 Å². The average molecular weight is 405 g/mol. The molecule has 1 atom stereocenters. The minimum Gasteiger partial charge on any atom is -0.493 e. The smallest absolute Gasteiger partial charge is 0.279 e. The van der Waals surface area contributed by atoms with Crippen molar-refractivity contribution in [2.75, 3.05) is 38.9 Å². The third kappa shape index (κ3) is 6.17. The van der Waals surface area contributed by atoms with Gasteiger partial charge < -0.3 is 25.4 Å². The molecular weight excluding hydrogens is 378 g/mol. The van der Waals surface area contributed by atoms with E-state index in [1.807, 2.05) is 49.5 Å². The van der Waals surface area contributed by atoms with E-state index in [9.17, 15) is 9.59 Å². The number of ether oxygens (including phenoxy) is 2. The van der Waals surface area contributed by atoms with Gasteiger partial charge in [-0.25, -0.2) is 0 Å². The molecule has 4 N–H and O–H groups in total. The van der Waals surface area contributed by atoms with Gasteiger partial charge in [0.15, 0.2) is 18.0 Å². The van der Waals surface area contributed by atoms with E-state index in [2.05, 4.69) is 5.32 Å². The number of hydrogen-bond acceptors (Lipinski definition) is 5. The van der Waals surface area contributed by atoms with Gasteiger partial charge in [-0.05, 0) is 24.3 Å². The number of rotatable bonds is 10. The van der Waals surface area contributed by atoms with Crippen molar-refractivity contribution >= 4 is 29.3 Å². The molecule has 8 heteroatoms. The molecule has 0 aromatic heterocycles. The molecule has 0 saturated heterocycles. The zero-order valence-electron chi connectivity index (χ0n) is 16.3. The summed E-state index contributed by atoms with van der Waals surface area (Å²) in [7, 11) is 5.13. The highest BCUT2D eigenvalue weighted by atomic mass is 32.2. The first-order chi connectivity index (χ1) is 13.4. The molecule has 1 unspecified atom stereocenters. The van der Waals surface area contributed by atoms with Crippen molar-refractivity contribution in [1.29, 1.82) is 0 Å². The van der Waals surface area contributed by atoms with Crippen molar-refractivity contribution in [2.45, 2.75) is 11.4 Å². The number of anilines is 1. The molecule has 7 nitrogen and oxygen atoms in total. The molecule has 0 bridgehead atoms. The van der Waals surface area contributed by atoms with Crippen molar-refractivity contribution in [3.05, 3.63) is 48.0 Å². The Kier molecular flexibility index (Phi) is 8.16. The summed E-state index contributed by atoms with van der Waals surface area (Å²) < 4.78 is 10.8. The van der Waals surface area contributed by atoms with Crippen LogP contribution in [0.3, 0.4) is 0 Å². The number of amides is 2. The fourth-order valence-electron chi connectivity index (χ4n) is 2.79. The number of hydrogen-bond donors (Lipinski definition) is 3. The van der Waals surface area contributed by atoms with Gasteiger partial charge in [-0.1, -0.05) is 18.2 Å². The second kappa shape index (κ2) is 10.6. The van der Waals surface area contributed by atoms with E-state index in [0.29, 0.717) is 23.7 Å². The van der Waals surface area contributed by atoms with Gasteiger partial charge in [-0.3, -0.25) is 9.59 Å². The minimum atomic E-state index is -0.400. The molecule has 0 aliphatic heterocycles. The number of nitrogens with one attached hydrogen (secondary N) is 2. The van der Waals surface area contributed by atoms with E-state index in [-0.39, 0.29) is 18.2 Å². The van der Waals surface area contributed by atoms with Crippen molar-refractivity contribution in [1.82, 2.24) is 0 Å². The number of primary amides is 1. The standard InChI is InChI=1S/C20H25N3O4S/c1-23(11-14-7-6-9-16(26-2)20(14)27-3)12-19(25)22-15-8-4-5-10-17(15)28-13-18(21)24/h4-10H,11-13H2,1-3H3,(H2,21,24)(H,22,25)/p+1. The summed E-state index contributed by atoms with van der Waals surface area (Å²) in [4.78, 5) is 25.3. The maximum Gasteiger partial charge on any atom is 0.279 e. The number of methoxy groups -OCH3 is 2. The van der Waals surface area contributed by atoms with E-state index < -0.39 is 5.91 Å². The lowest BCUT2D eigenvalue weighted by atomic mass is 10.1. The molecule has 0 spiro atoms. The number of quaternary nitrogens is 1. The summed E-state index contributed by atoms with van der Waals surface area (Å²) in [5.41, 5.74) is 6.84. The second-order valence-electron chi connectivity index (χ2n) is 6.26. The first kappa shape index (κ1) is 21.6. The van der Waals surface area contributed by atoms with E-state index in [0.717, 1.165) is 15.4 Å². The second-order valence-corrected chi connectivity index (χ2v) is 7.28. The maximum absolute atomic E-state index is 12.5. The van der Waals surface area contributed by atoms with Gasteiger partial charge >= 0.3 is 0 Å². The normalized spacial score (nSPS) is 11.5. The van der Waals surface area contributed by atoms with Crippen LogP contribution in [0.15, 0.2) is 47.4 Å². The molecule has 150 valence electrons. The van der Waals surface area contributed by atoms with Crippen LogP contribution in [0.5, 0.6) is 11.5 Å². The van der Waals surface area contributed by atoms with Crippen molar-refractivity contribution < 1.29 is 24.0 Å². The van der Waals surface area contributed by atoms with E-state index >= 15 is 0 Å². The Balaban J connectivity index is 2.00. The molecule has 2 amide bonds. The van der Waals surface area contributed by atoms with E-state index in [1.165, 1.54) is 11.8 Å². The van der Waals surface area contributed by atoms with Gasteiger partial charge in [0.1, 0.15) is 6.54 Å². The predicted molar refractivity (Wildman–Crippen MR) is 110 cm³/mol. The fourth-order valence-corrected chi connectivity index (χ4v) is 3.54. The third-order valence-electron chi connectivity index (χ3n) is 3.97. The van der Waals surface area contributed by atoms with Gasteiger partial charge in [0.25, 0.3) is 5.91 Å². The Bertz CT molecular complexity index is 829. The number of para-hydroxylation sites is 2. The zero-order valence-corrected chi connectivity index (χ0v) is 17.1. The summed E-state index contributed by atoms with van der Waals surface area (Å²) >= 11 is 1.30. The monoisotopic (exact) mass is 404 g/mol. The number of carbonyl (C=O) groups excluding carboxylic acids is 2. The van der Waals surface area contributed by atoms with Crippen LogP contribution in [0.25, 0.3) is 0 Å². The Morgan fingerprint density at radius 3 is 2.54 bits per heavy atom. The minimum absolute atomic E-state index is 0.119. The largest absolute Gasteiger partial charge is 0.493 e. The van der Waals surface area contributed by atoms with Gasteiger partial charge in [0.05, 0.1) is 38.3 Å². The molecule has 0 heterocycles. The number of benzene rings is 2. The van der Waals surface area contributed by atoms with Crippen LogP contribution >= 0.6 is 11.8 Å². The Morgan fingerprint density at radius 1 is 1.11 bits per heavy atom. The number of thioether (sulfide) groups is 1. The number of carbonyl (C=O) groups is 2. The van der Waals surface area contributed by atoms with Gasteiger partial charge in [0.2, 0.25) is 5.91 Å². The Morgan fingerprint density at radius 2 is 1.86 bits per heavy atom. The summed E-state index contributed by atoms with van der Waals surface area (Å²) in [6.07, 6.45) is 0. The van der Waals surface area contributed by atoms with Gasteiger partial charge in [0, 0.05) is 4.90 Å². The van der Waals surface area contributed by atoms with Crippen LogP contribution in [0.2, 0.25) is 0 Å². The Labute approximate surface area is 169 Å². The lowest BCUT2D eigenvalue weighted by molar-refractivity contribution is -0.885. The lowest BCUT2D eigenvalue weighted by Gasteiger charge is -2.17. The molecular formula is C20H26N3O4S+. The van der Waals surface area contributed by atoms with Crippen molar-refractivity contribution in [3.63, 3.8) is 0 Å². The fraction of sp³-hybridized carbons (Fsp3) is 0.300. The molecule has 2 rings (SSSR count). The number of nitrogens with two attached hydrogens (primary N) is 1. The van der Waals surface area contributed by atoms with Crippen LogP contribution in [-0.4, -0.2) is 45.4 Å². The molecule has 0 aliphatic rings. The van der Waals surface area contributed by atoms with E-state index in [1.54, 1.807) is 14.2 Å². The van der Waals surface area contributed by atoms with Crippen LogP contribution in [0, 0.1) is 0 Å². The first-order valence-electron chi connectivity index (χ1n) is 8.75. The molecule has 28 heavy (non-hydrogen) atoms. The SMILES string of the molecule is COc1cccc(C[NH+](C)CC(=O)Nc2ccccc2SCC(N)=O)c1OC. The molecule has 0 aliphatic carbocycles. The quantitative estimate of drug-likeness (QED) is 0.512. The summed E-state index contributed by atoms with van der Waals surface area (Å²) in [6, 6.07) is 13.0. The van der Waals surface area contributed by atoms with Gasteiger partial charge in [-0.2, -0.15) is 0 Å². The van der Waals surface area contributed by atoms with Gasteiger partial charge in [-0.15, -0.1) is 11.8 Å². The highest BCUT2D eigenvalue weighted by Gasteiger charge is 2.17. The molecule has 0 saturated carbocycles.